The van der Waals surface area contributed by atoms with Crippen LogP contribution in [-0.4, -0.2) is 53.2 Å². The Hall–Kier alpha value is -3.76. The smallest absolute Gasteiger partial charge is 0.322 e. The Morgan fingerprint density at radius 3 is 2.81 bits per heavy atom. The average molecular weight is 502 g/mol. The van der Waals surface area contributed by atoms with Crippen molar-refractivity contribution in [3.63, 3.8) is 0 Å². The zero-order chi connectivity index (χ0) is 24.5. The number of amides is 2. The fourth-order valence-electron chi connectivity index (χ4n) is 4.74. The third-order valence-corrected chi connectivity index (χ3v) is 7.41. The molecule has 2 fully saturated rings. The first-order valence-corrected chi connectivity index (χ1v) is 13.0. The molecule has 0 bridgehead atoms. The van der Waals surface area contributed by atoms with Gasteiger partial charge in [-0.2, -0.15) is 0 Å². The number of carbonyl (C=O) groups excluding carboxylic acids is 1. The number of thiazole rings is 1. The number of hydrogen-bond acceptors (Lipinski definition) is 8. The molecule has 4 aromatic rings. The topological polar surface area (TPSA) is 104 Å². The van der Waals surface area contributed by atoms with Crippen molar-refractivity contribution in [1.29, 1.82) is 0 Å². The van der Waals surface area contributed by atoms with Crippen molar-refractivity contribution in [1.82, 2.24) is 25.6 Å². The second-order valence-corrected chi connectivity index (χ2v) is 10.1. The number of carbonyl (C=O) groups is 1. The Morgan fingerprint density at radius 1 is 1.11 bits per heavy atom. The van der Waals surface area contributed by atoms with Crippen LogP contribution in [0.3, 0.4) is 0 Å². The number of aromatic nitrogens is 3. The summed E-state index contributed by atoms with van der Waals surface area (Å²) in [6.45, 7) is 5.20. The van der Waals surface area contributed by atoms with Gasteiger partial charge in [0.2, 0.25) is 11.8 Å². The zero-order valence-electron chi connectivity index (χ0n) is 20.0. The van der Waals surface area contributed by atoms with Gasteiger partial charge in [0.1, 0.15) is 10.6 Å². The first kappa shape index (κ1) is 22.7. The molecule has 0 radical (unpaired) electrons. The van der Waals surface area contributed by atoms with E-state index >= 15 is 0 Å². The van der Waals surface area contributed by atoms with Crippen molar-refractivity contribution in [3.05, 3.63) is 53.7 Å². The molecule has 4 heterocycles. The highest BCUT2D eigenvalue weighted by atomic mass is 32.1. The number of benzene rings is 2. The second kappa shape index (κ2) is 9.71. The SMILES string of the molecule is Cc1nc(Oc2ccc(N3CCNC3=O)c3ccccc23)c(-c2ccnc(NC3CCCNC3)n2)s1. The number of nitrogens with one attached hydrogen (secondary N) is 3. The maximum absolute atomic E-state index is 12.3. The summed E-state index contributed by atoms with van der Waals surface area (Å²) in [5, 5.41) is 12.5. The van der Waals surface area contributed by atoms with Crippen LogP contribution in [0.1, 0.15) is 17.8 Å². The van der Waals surface area contributed by atoms with Gasteiger partial charge in [0.15, 0.2) is 0 Å². The maximum atomic E-state index is 12.3. The molecule has 184 valence electrons. The summed E-state index contributed by atoms with van der Waals surface area (Å²) < 4.78 is 6.42. The predicted molar refractivity (Wildman–Crippen MR) is 142 cm³/mol. The van der Waals surface area contributed by atoms with Crippen LogP contribution >= 0.6 is 11.3 Å². The van der Waals surface area contributed by atoms with Gasteiger partial charge in [-0.3, -0.25) is 4.90 Å². The number of hydrogen-bond donors (Lipinski definition) is 3. The number of piperidine rings is 1. The van der Waals surface area contributed by atoms with Crippen LogP contribution in [0.4, 0.5) is 16.4 Å². The van der Waals surface area contributed by atoms with Crippen molar-refractivity contribution >= 4 is 39.8 Å². The molecule has 0 saturated carbocycles. The summed E-state index contributed by atoms with van der Waals surface area (Å²) in [4.78, 5) is 28.8. The lowest BCUT2D eigenvalue weighted by molar-refractivity contribution is 0.252. The molecule has 9 nitrogen and oxygen atoms in total. The maximum Gasteiger partial charge on any atom is 0.322 e. The summed E-state index contributed by atoms with van der Waals surface area (Å²) in [6.07, 6.45) is 4.00. The molecule has 0 aliphatic carbocycles. The van der Waals surface area contributed by atoms with E-state index in [-0.39, 0.29) is 6.03 Å². The molecule has 2 aliphatic rings. The molecule has 10 heteroatoms. The molecular formula is C26H27N7O2S. The van der Waals surface area contributed by atoms with E-state index in [0.717, 1.165) is 58.0 Å². The highest BCUT2D eigenvalue weighted by Gasteiger charge is 2.24. The normalized spacial score (nSPS) is 17.9. The number of urea groups is 1. The zero-order valence-corrected chi connectivity index (χ0v) is 20.8. The molecule has 2 aromatic heterocycles. The van der Waals surface area contributed by atoms with Crippen LogP contribution in [0.15, 0.2) is 48.7 Å². The van der Waals surface area contributed by atoms with Crippen molar-refractivity contribution in [3.8, 4) is 22.2 Å². The van der Waals surface area contributed by atoms with Crippen molar-refractivity contribution in [2.24, 2.45) is 0 Å². The minimum Gasteiger partial charge on any atom is -0.437 e. The first-order chi connectivity index (χ1) is 17.7. The number of nitrogens with zero attached hydrogens (tertiary/aromatic N) is 4. The highest BCUT2D eigenvalue weighted by Crippen LogP contribution is 2.41. The van der Waals surface area contributed by atoms with Gasteiger partial charge in [0, 0.05) is 42.6 Å². The van der Waals surface area contributed by atoms with E-state index in [9.17, 15) is 4.79 Å². The van der Waals surface area contributed by atoms with Crippen LogP contribution in [0, 0.1) is 6.92 Å². The Kier molecular flexibility index (Phi) is 6.12. The molecule has 2 aromatic carbocycles. The van der Waals surface area contributed by atoms with Gasteiger partial charge in [-0.1, -0.05) is 24.3 Å². The van der Waals surface area contributed by atoms with E-state index in [1.165, 1.54) is 0 Å². The van der Waals surface area contributed by atoms with Gasteiger partial charge in [-0.25, -0.2) is 19.7 Å². The number of fused-ring (bicyclic) bond motifs is 1. The number of rotatable bonds is 6. The monoisotopic (exact) mass is 501 g/mol. The standard InChI is InChI=1S/C26H27N7O2S/c1-16-30-24(23(36-16)20-10-12-28-25(32-20)31-17-5-4-11-27-15-17)35-22-9-8-21(33-14-13-29-26(33)34)18-6-2-3-7-19(18)22/h2-3,6-10,12,17,27H,4-5,11,13-15H2,1H3,(H,29,34)(H,28,31,32). The lowest BCUT2D eigenvalue weighted by atomic mass is 10.1. The van der Waals surface area contributed by atoms with Crippen molar-refractivity contribution < 1.29 is 9.53 Å². The molecular weight excluding hydrogens is 474 g/mol. The summed E-state index contributed by atoms with van der Waals surface area (Å²) in [5.74, 6) is 1.80. The van der Waals surface area contributed by atoms with E-state index in [0.29, 0.717) is 36.7 Å². The van der Waals surface area contributed by atoms with Gasteiger partial charge in [0.05, 0.1) is 16.4 Å². The lowest BCUT2D eigenvalue weighted by Gasteiger charge is -2.23. The second-order valence-electron chi connectivity index (χ2n) is 8.93. The lowest BCUT2D eigenvalue weighted by Crippen LogP contribution is -2.38. The molecule has 2 aliphatic heterocycles. The Bertz CT molecular complexity index is 1420. The van der Waals surface area contributed by atoms with E-state index in [4.69, 9.17) is 9.72 Å². The molecule has 3 N–H and O–H groups in total. The van der Waals surface area contributed by atoms with Crippen LogP contribution < -0.4 is 25.6 Å². The van der Waals surface area contributed by atoms with Crippen LogP contribution in [0.5, 0.6) is 11.6 Å². The Balaban J connectivity index is 1.32. The summed E-state index contributed by atoms with van der Waals surface area (Å²) in [5.41, 5.74) is 1.64. The van der Waals surface area contributed by atoms with Crippen molar-refractivity contribution in [2.45, 2.75) is 25.8 Å². The van der Waals surface area contributed by atoms with Gasteiger partial charge in [-0.05, 0) is 44.5 Å². The Labute approximate surface area is 212 Å². The van der Waals surface area contributed by atoms with Crippen LogP contribution in [-0.2, 0) is 0 Å². The van der Waals surface area contributed by atoms with Gasteiger partial charge < -0.3 is 20.7 Å². The number of anilines is 2. The van der Waals surface area contributed by atoms with E-state index in [1.807, 2.05) is 49.4 Å². The highest BCUT2D eigenvalue weighted by molar-refractivity contribution is 7.15. The molecule has 2 amide bonds. The van der Waals surface area contributed by atoms with E-state index in [2.05, 4.69) is 25.9 Å². The largest absolute Gasteiger partial charge is 0.437 e. The fourth-order valence-corrected chi connectivity index (χ4v) is 5.55. The molecule has 0 spiro atoms. The molecule has 2 saturated heterocycles. The third-order valence-electron chi connectivity index (χ3n) is 6.44. The predicted octanol–water partition coefficient (Wildman–Crippen LogP) is 4.55. The molecule has 36 heavy (non-hydrogen) atoms. The Morgan fingerprint density at radius 2 is 2.00 bits per heavy atom. The third kappa shape index (κ3) is 4.45. The minimum atomic E-state index is -0.0802. The first-order valence-electron chi connectivity index (χ1n) is 12.2. The summed E-state index contributed by atoms with van der Waals surface area (Å²) in [6, 6.07) is 13.9. The summed E-state index contributed by atoms with van der Waals surface area (Å²) in [7, 11) is 0. The van der Waals surface area contributed by atoms with Gasteiger partial charge >= 0.3 is 6.03 Å². The van der Waals surface area contributed by atoms with Crippen LogP contribution in [0.2, 0.25) is 0 Å². The van der Waals surface area contributed by atoms with E-state index < -0.39 is 0 Å². The van der Waals surface area contributed by atoms with Crippen LogP contribution in [0.25, 0.3) is 21.3 Å². The summed E-state index contributed by atoms with van der Waals surface area (Å²) >= 11 is 1.54. The fraction of sp³-hybridized carbons (Fsp3) is 0.308. The quantitative estimate of drug-likeness (QED) is 0.356. The minimum absolute atomic E-state index is 0.0802. The van der Waals surface area contributed by atoms with Gasteiger partial charge in [-0.15, -0.1) is 11.3 Å². The molecule has 1 unspecified atom stereocenters. The number of aryl methyl sites for hydroxylation is 1. The average Bonchev–Trinajstić information content (AvgIpc) is 3.50. The van der Waals surface area contributed by atoms with Gasteiger partial charge in [0.25, 0.3) is 0 Å². The molecule has 1 atom stereocenters. The van der Waals surface area contributed by atoms with E-state index in [1.54, 1.807) is 22.4 Å². The number of ether oxygens (including phenoxy) is 1. The van der Waals surface area contributed by atoms with Crippen molar-refractivity contribution in [2.75, 3.05) is 36.4 Å². The molecule has 6 rings (SSSR count).